The molecule has 0 unspecified atom stereocenters. The van der Waals surface area contributed by atoms with Crippen molar-refractivity contribution in [1.29, 1.82) is 0 Å². The summed E-state index contributed by atoms with van der Waals surface area (Å²) in [5.74, 6) is 0.173. The molecule has 2 heterocycles. The highest BCUT2D eigenvalue weighted by Crippen LogP contribution is 2.35. The molecule has 0 bridgehead atoms. The van der Waals surface area contributed by atoms with Crippen LogP contribution in [0.15, 0.2) is 54.2 Å². The quantitative estimate of drug-likeness (QED) is 0.696. The summed E-state index contributed by atoms with van der Waals surface area (Å²) in [7, 11) is 2.07. The van der Waals surface area contributed by atoms with Gasteiger partial charge >= 0.3 is 0 Å². The van der Waals surface area contributed by atoms with Crippen molar-refractivity contribution in [1.82, 2.24) is 9.80 Å². The molecule has 0 N–H and O–H groups in total. The van der Waals surface area contributed by atoms with Gasteiger partial charge in [0.2, 0.25) is 0 Å². The van der Waals surface area contributed by atoms with Gasteiger partial charge in [0, 0.05) is 26.2 Å². The summed E-state index contributed by atoms with van der Waals surface area (Å²) in [6.45, 7) is 9.07. The van der Waals surface area contributed by atoms with Crippen molar-refractivity contribution in [3.05, 3.63) is 65.4 Å². The topological polar surface area (TPSA) is 53.1 Å². The number of imide groups is 1. The van der Waals surface area contributed by atoms with Gasteiger partial charge in [0.1, 0.15) is 11.4 Å². The summed E-state index contributed by atoms with van der Waals surface area (Å²) in [5, 5.41) is 0. The van der Waals surface area contributed by atoms with Crippen molar-refractivity contribution in [2.75, 3.05) is 38.1 Å². The molecule has 1 fully saturated rings. The van der Waals surface area contributed by atoms with E-state index in [1.165, 1.54) is 4.90 Å². The first kappa shape index (κ1) is 21.1. The van der Waals surface area contributed by atoms with Gasteiger partial charge in [-0.3, -0.25) is 9.59 Å². The van der Waals surface area contributed by atoms with Crippen molar-refractivity contribution in [3.63, 3.8) is 0 Å². The van der Waals surface area contributed by atoms with Gasteiger partial charge in [-0.1, -0.05) is 29.8 Å². The van der Waals surface area contributed by atoms with Crippen LogP contribution < -0.4 is 9.64 Å². The number of carbonyl (C=O) groups excluding carboxylic acids is 2. The van der Waals surface area contributed by atoms with E-state index in [0.717, 1.165) is 37.3 Å². The zero-order valence-electron chi connectivity index (χ0n) is 18.6. The molecular weight excluding hydrogens is 390 g/mol. The fourth-order valence-electron chi connectivity index (χ4n) is 4.00. The average molecular weight is 420 g/mol. The van der Waals surface area contributed by atoms with Gasteiger partial charge in [0.05, 0.1) is 17.4 Å². The second kappa shape index (κ2) is 8.55. The molecule has 2 aromatic rings. The van der Waals surface area contributed by atoms with E-state index >= 15 is 0 Å². The first-order valence-corrected chi connectivity index (χ1v) is 10.8. The number of carbonyl (C=O) groups is 2. The van der Waals surface area contributed by atoms with Gasteiger partial charge in [0.25, 0.3) is 11.8 Å². The Labute approximate surface area is 183 Å². The maximum atomic E-state index is 13.6. The number of piperazine rings is 1. The second-order valence-corrected chi connectivity index (χ2v) is 8.49. The number of benzene rings is 2. The van der Waals surface area contributed by atoms with Crippen LogP contribution >= 0.6 is 0 Å². The van der Waals surface area contributed by atoms with Crippen molar-refractivity contribution in [2.45, 2.75) is 26.9 Å². The van der Waals surface area contributed by atoms with E-state index in [1.54, 1.807) is 24.3 Å². The first-order chi connectivity index (χ1) is 14.8. The van der Waals surface area contributed by atoms with Crippen molar-refractivity contribution >= 4 is 23.1 Å². The Morgan fingerprint density at radius 2 is 1.45 bits per heavy atom. The molecule has 31 heavy (non-hydrogen) atoms. The van der Waals surface area contributed by atoms with E-state index in [2.05, 4.69) is 16.8 Å². The molecule has 1 saturated heterocycles. The zero-order valence-corrected chi connectivity index (χ0v) is 18.6. The third kappa shape index (κ3) is 4.21. The monoisotopic (exact) mass is 419 g/mol. The number of hydrogen-bond donors (Lipinski definition) is 0. The van der Waals surface area contributed by atoms with Gasteiger partial charge in [0.15, 0.2) is 0 Å². The minimum Gasteiger partial charge on any atom is -0.491 e. The van der Waals surface area contributed by atoms with Crippen LogP contribution in [0.4, 0.5) is 5.69 Å². The highest BCUT2D eigenvalue weighted by atomic mass is 16.5. The molecule has 0 saturated carbocycles. The molecule has 0 radical (unpaired) electrons. The normalized spacial score (nSPS) is 17.8. The first-order valence-electron chi connectivity index (χ1n) is 10.8. The van der Waals surface area contributed by atoms with Crippen LogP contribution in [0, 0.1) is 6.92 Å². The smallest absolute Gasteiger partial charge is 0.282 e. The third-order valence-electron chi connectivity index (χ3n) is 5.69. The number of nitrogens with zero attached hydrogens (tertiary/aromatic N) is 3. The van der Waals surface area contributed by atoms with Crippen LogP contribution in [0.5, 0.6) is 5.75 Å². The van der Waals surface area contributed by atoms with Crippen LogP contribution in [-0.2, 0) is 9.59 Å². The van der Waals surface area contributed by atoms with Crippen LogP contribution in [0.25, 0.3) is 5.57 Å². The number of aryl methyl sites for hydroxylation is 1. The molecule has 0 aliphatic carbocycles. The molecule has 0 atom stereocenters. The van der Waals surface area contributed by atoms with Crippen molar-refractivity contribution in [2.24, 2.45) is 0 Å². The summed E-state index contributed by atoms with van der Waals surface area (Å²) >= 11 is 0. The molecule has 2 amide bonds. The Kier molecular flexibility index (Phi) is 5.83. The van der Waals surface area contributed by atoms with Crippen LogP contribution in [0.1, 0.15) is 25.0 Å². The summed E-state index contributed by atoms with van der Waals surface area (Å²) in [6, 6.07) is 14.9. The summed E-state index contributed by atoms with van der Waals surface area (Å²) < 4.78 is 5.70. The molecular formula is C25H29N3O3. The van der Waals surface area contributed by atoms with Crippen LogP contribution in [0.2, 0.25) is 0 Å². The molecule has 6 nitrogen and oxygen atoms in total. The van der Waals surface area contributed by atoms with E-state index < -0.39 is 0 Å². The predicted octanol–water partition coefficient (Wildman–Crippen LogP) is 3.31. The number of anilines is 1. The molecule has 6 heteroatoms. The molecule has 0 spiro atoms. The Balaban J connectivity index is 1.72. The standard InChI is InChI=1S/C25H29N3O3/c1-17(2)31-21-11-9-20(10-12-21)28-24(29)22(19-7-5-18(3)6-8-19)23(25(28)30)27-15-13-26(4)14-16-27/h5-12,17H,13-16H2,1-4H3. The predicted molar refractivity (Wildman–Crippen MR) is 122 cm³/mol. The number of ether oxygens (including phenoxy) is 1. The Hall–Kier alpha value is -3.12. The second-order valence-electron chi connectivity index (χ2n) is 8.49. The van der Waals surface area contributed by atoms with Gasteiger partial charge < -0.3 is 14.5 Å². The van der Waals surface area contributed by atoms with Gasteiger partial charge in [-0.2, -0.15) is 0 Å². The lowest BCUT2D eigenvalue weighted by molar-refractivity contribution is -0.120. The number of rotatable bonds is 5. The lowest BCUT2D eigenvalue weighted by Gasteiger charge is -2.34. The summed E-state index contributed by atoms with van der Waals surface area (Å²) in [4.78, 5) is 32.7. The number of amides is 2. The van der Waals surface area contributed by atoms with Crippen LogP contribution in [-0.4, -0.2) is 60.9 Å². The van der Waals surface area contributed by atoms with E-state index in [4.69, 9.17) is 4.74 Å². The van der Waals surface area contributed by atoms with Crippen molar-refractivity contribution in [3.8, 4) is 5.75 Å². The fraction of sp³-hybridized carbons (Fsp3) is 0.360. The SMILES string of the molecule is Cc1ccc(C2=C(N3CCN(C)CC3)C(=O)N(c3ccc(OC(C)C)cc3)C2=O)cc1. The fourth-order valence-corrected chi connectivity index (χ4v) is 4.00. The summed E-state index contributed by atoms with van der Waals surface area (Å²) in [5.41, 5.74) is 3.43. The van der Waals surface area contributed by atoms with E-state index in [0.29, 0.717) is 22.7 Å². The Bertz CT molecular complexity index is 1000. The largest absolute Gasteiger partial charge is 0.491 e. The maximum Gasteiger partial charge on any atom is 0.282 e. The Morgan fingerprint density at radius 3 is 2.03 bits per heavy atom. The highest BCUT2D eigenvalue weighted by molar-refractivity contribution is 6.45. The minimum atomic E-state index is -0.277. The van der Waals surface area contributed by atoms with Crippen LogP contribution in [0.3, 0.4) is 0 Å². The van der Waals surface area contributed by atoms with E-state index in [-0.39, 0.29) is 17.9 Å². The highest BCUT2D eigenvalue weighted by Gasteiger charge is 2.42. The van der Waals surface area contributed by atoms with Crippen molar-refractivity contribution < 1.29 is 14.3 Å². The molecule has 0 aromatic heterocycles. The van der Waals surface area contributed by atoms with Gasteiger partial charge in [-0.05, 0) is 57.6 Å². The molecule has 162 valence electrons. The molecule has 2 aliphatic rings. The Morgan fingerprint density at radius 1 is 0.839 bits per heavy atom. The lowest BCUT2D eigenvalue weighted by atomic mass is 10.0. The summed E-state index contributed by atoms with van der Waals surface area (Å²) in [6.07, 6.45) is 0.0551. The number of hydrogen-bond acceptors (Lipinski definition) is 5. The molecule has 4 rings (SSSR count). The van der Waals surface area contributed by atoms with Gasteiger partial charge in [-0.15, -0.1) is 0 Å². The average Bonchev–Trinajstić information content (AvgIpc) is 3.00. The van der Waals surface area contributed by atoms with Gasteiger partial charge in [-0.25, -0.2) is 4.90 Å². The maximum absolute atomic E-state index is 13.6. The minimum absolute atomic E-state index is 0.0551. The van der Waals surface area contributed by atoms with E-state index in [9.17, 15) is 9.59 Å². The lowest BCUT2D eigenvalue weighted by Crippen LogP contribution is -2.46. The third-order valence-corrected chi connectivity index (χ3v) is 5.69. The number of likely N-dealkylation sites (N-methyl/N-ethyl adjacent to an activating group) is 1. The van der Waals surface area contributed by atoms with E-state index in [1.807, 2.05) is 45.0 Å². The molecule has 2 aromatic carbocycles. The molecule has 2 aliphatic heterocycles. The zero-order chi connectivity index (χ0) is 22.1.